The van der Waals surface area contributed by atoms with Gasteiger partial charge in [-0.25, -0.2) is 9.59 Å². The fourth-order valence-corrected chi connectivity index (χ4v) is 4.77. The average Bonchev–Trinajstić information content (AvgIpc) is 2.71. The summed E-state index contributed by atoms with van der Waals surface area (Å²) in [4.78, 5) is 53.9. The number of carbonyl (C=O) groups is 4. The highest BCUT2D eigenvalue weighted by atomic mass is 35.5. The van der Waals surface area contributed by atoms with Crippen molar-refractivity contribution in [2.75, 3.05) is 37.6 Å². The average molecular weight is 477 g/mol. The van der Waals surface area contributed by atoms with Crippen molar-refractivity contribution in [2.24, 2.45) is 5.41 Å². The lowest BCUT2D eigenvalue weighted by Gasteiger charge is -2.53. The largest absolute Gasteiger partial charge is 0.444 e. The Labute approximate surface area is 198 Å². The molecule has 10 heteroatoms. The molecule has 1 spiro atoms. The zero-order valence-corrected chi connectivity index (χ0v) is 19.9. The highest BCUT2D eigenvalue weighted by Crippen LogP contribution is 2.41. The van der Waals surface area contributed by atoms with E-state index in [0.717, 1.165) is 12.8 Å². The molecule has 4 rings (SSSR count). The molecule has 3 fully saturated rings. The molecule has 0 bridgehead atoms. The van der Waals surface area contributed by atoms with E-state index in [1.807, 2.05) is 20.8 Å². The third-order valence-electron chi connectivity index (χ3n) is 6.35. The Kier molecular flexibility index (Phi) is 6.03. The zero-order chi connectivity index (χ0) is 24.0. The summed E-state index contributed by atoms with van der Waals surface area (Å²) in [6.45, 7) is 8.26. The summed E-state index contributed by atoms with van der Waals surface area (Å²) in [6, 6.07) is 4.32. The highest BCUT2D eigenvalue weighted by Gasteiger charge is 2.48. The van der Waals surface area contributed by atoms with Gasteiger partial charge in [-0.2, -0.15) is 0 Å². The standard InChI is InChI=1S/C23H29ClN4O5/c1-22(2,3)33-21(32)27-13-23(14-27)7-10-26(11-8-23)19(30)15-4-5-16(24)17(12-15)28-9-6-18(29)25-20(28)31/h4-5,12H,6-11,13-14H2,1-3H3,(H,25,29,31). The van der Waals surface area contributed by atoms with E-state index < -0.39 is 11.6 Å². The topological polar surface area (TPSA) is 99.3 Å². The van der Waals surface area contributed by atoms with Gasteiger partial charge in [0.2, 0.25) is 5.91 Å². The molecule has 0 aliphatic carbocycles. The van der Waals surface area contributed by atoms with Gasteiger partial charge in [0.15, 0.2) is 0 Å². The van der Waals surface area contributed by atoms with Crippen molar-refractivity contribution < 1.29 is 23.9 Å². The number of nitrogens with one attached hydrogen (secondary N) is 1. The third-order valence-corrected chi connectivity index (χ3v) is 6.67. The van der Waals surface area contributed by atoms with Crippen LogP contribution in [0, 0.1) is 5.41 Å². The first-order valence-corrected chi connectivity index (χ1v) is 11.5. The van der Waals surface area contributed by atoms with Gasteiger partial charge in [-0.15, -0.1) is 0 Å². The number of halogens is 1. The number of imide groups is 1. The lowest BCUT2D eigenvalue weighted by Crippen LogP contribution is -2.62. The Hall–Kier alpha value is -2.81. The van der Waals surface area contributed by atoms with E-state index >= 15 is 0 Å². The van der Waals surface area contributed by atoms with Gasteiger partial charge in [-0.1, -0.05) is 11.6 Å². The number of piperidine rings is 1. The first kappa shape index (κ1) is 23.4. The highest BCUT2D eigenvalue weighted by molar-refractivity contribution is 6.34. The molecule has 0 atom stereocenters. The summed E-state index contributed by atoms with van der Waals surface area (Å²) >= 11 is 6.29. The van der Waals surface area contributed by atoms with Gasteiger partial charge >= 0.3 is 12.1 Å². The first-order valence-electron chi connectivity index (χ1n) is 11.1. The lowest BCUT2D eigenvalue weighted by molar-refractivity contribution is -0.120. The van der Waals surface area contributed by atoms with Crippen molar-refractivity contribution in [3.05, 3.63) is 28.8 Å². The van der Waals surface area contributed by atoms with Crippen molar-refractivity contribution >= 4 is 41.2 Å². The van der Waals surface area contributed by atoms with Crippen molar-refractivity contribution in [3.63, 3.8) is 0 Å². The summed E-state index contributed by atoms with van der Waals surface area (Å²) in [5.41, 5.74) is 0.376. The molecule has 1 aromatic rings. The summed E-state index contributed by atoms with van der Waals surface area (Å²) in [5.74, 6) is -0.456. The molecule has 1 N–H and O–H groups in total. The summed E-state index contributed by atoms with van der Waals surface area (Å²) in [5, 5.41) is 2.61. The smallest absolute Gasteiger partial charge is 0.410 e. The van der Waals surface area contributed by atoms with Crippen LogP contribution in [-0.2, 0) is 9.53 Å². The number of hydrogen-bond acceptors (Lipinski definition) is 5. The zero-order valence-electron chi connectivity index (χ0n) is 19.1. The van der Waals surface area contributed by atoms with Crippen molar-refractivity contribution in [1.29, 1.82) is 0 Å². The van der Waals surface area contributed by atoms with Gasteiger partial charge in [0.1, 0.15) is 5.60 Å². The van der Waals surface area contributed by atoms with E-state index in [0.29, 0.717) is 42.5 Å². The number of urea groups is 1. The minimum Gasteiger partial charge on any atom is -0.444 e. The van der Waals surface area contributed by atoms with Crippen LogP contribution >= 0.6 is 11.6 Å². The van der Waals surface area contributed by atoms with Crippen LogP contribution in [0.3, 0.4) is 0 Å². The fraction of sp³-hybridized carbons (Fsp3) is 0.565. The minimum absolute atomic E-state index is 0.0390. The minimum atomic E-state index is -0.544. The second-order valence-electron chi connectivity index (χ2n) is 10.0. The van der Waals surface area contributed by atoms with Crippen LogP contribution in [0.5, 0.6) is 0 Å². The predicted octanol–water partition coefficient (Wildman–Crippen LogP) is 3.26. The Morgan fingerprint density at radius 2 is 1.73 bits per heavy atom. The van der Waals surface area contributed by atoms with Gasteiger partial charge < -0.3 is 14.5 Å². The molecular formula is C23H29ClN4O5. The van der Waals surface area contributed by atoms with Crippen LogP contribution in [0.15, 0.2) is 18.2 Å². The quantitative estimate of drug-likeness (QED) is 0.706. The molecule has 3 aliphatic heterocycles. The van der Waals surface area contributed by atoms with E-state index in [-0.39, 0.29) is 36.3 Å². The fourth-order valence-electron chi connectivity index (χ4n) is 4.55. The number of hydrogen-bond donors (Lipinski definition) is 1. The van der Waals surface area contributed by atoms with Gasteiger partial charge in [0.05, 0.1) is 10.7 Å². The molecule has 3 saturated heterocycles. The number of ether oxygens (including phenoxy) is 1. The Morgan fingerprint density at radius 3 is 2.33 bits per heavy atom. The molecule has 0 saturated carbocycles. The van der Waals surface area contributed by atoms with E-state index in [4.69, 9.17) is 16.3 Å². The molecule has 3 heterocycles. The van der Waals surface area contributed by atoms with Crippen molar-refractivity contribution in [1.82, 2.24) is 15.1 Å². The van der Waals surface area contributed by atoms with Gasteiger partial charge in [-0.3, -0.25) is 19.8 Å². The normalized spacial score (nSPS) is 20.4. The number of benzene rings is 1. The van der Waals surface area contributed by atoms with Crippen molar-refractivity contribution in [2.45, 2.75) is 45.6 Å². The lowest BCUT2D eigenvalue weighted by atomic mass is 9.72. The third kappa shape index (κ3) is 4.93. The Morgan fingerprint density at radius 1 is 1.06 bits per heavy atom. The molecule has 1 aromatic carbocycles. The van der Waals surface area contributed by atoms with Gasteiger partial charge in [0.25, 0.3) is 5.91 Å². The summed E-state index contributed by atoms with van der Waals surface area (Å²) in [7, 11) is 0. The first-order chi connectivity index (χ1) is 15.5. The molecule has 9 nitrogen and oxygen atoms in total. The number of amides is 5. The maximum Gasteiger partial charge on any atom is 0.410 e. The maximum atomic E-state index is 13.2. The molecule has 0 radical (unpaired) electrons. The van der Waals surface area contributed by atoms with Crippen molar-refractivity contribution in [3.8, 4) is 0 Å². The molecule has 33 heavy (non-hydrogen) atoms. The number of rotatable bonds is 2. The van der Waals surface area contributed by atoms with E-state index in [2.05, 4.69) is 5.32 Å². The van der Waals surface area contributed by atoms with Gasteiger partial charge in [0, 0.05) is 50.1 Å². The predicted molar refractivity (Wildman–Crippen MR) is 122 cm³/mol. The molecule has 0 unspecified atom stereocenters. The Bertz CT molecular complexity index is 989. The van der Waals surface area contributed by atoms with Crippen LogP contribution in [0.4, 0.5) is 15.3 Å². The molecule has 3 aliphatic rings. The molecule has 5 amide bonds. The number of likely N-dealkylation sites (tertiary alicyclic amines) is 2. The van der Waals surface area contributed by atoms with Crippen LogP contribution < -0.4 is 10.2 Å². The molecule has 0 aromatic heterocycles. The Balaban J connectivity index is 1.36. The van der Waals surface area contributed by atoms with E-state index in [1.165, 1.54) is 4.90 Å². The number of nitrogens with zero attached hydrogens (tertiary/aromatic N) is 3. The second kappa shape index (κ2) is 8.52. The monoisotopic (exact) mass is 476 g/mol. The summed E-state index contributed by atoms with van der Waals surface area (Å²) < 4.78 is 5.44. The van der Waals surface area contributed by atoms with Gasteiger partial charge in [-0.05, 0) is 51.8 Å². The molecular weight excluding hydrogens is 448 g/mol. The van der Waals surface area contributed by atoms with Crippen LogP contribution in [0.1, 0.15) is 50.4 Å². The van der Waals surface area contributed by atoms with Crippen LogP contribution in [0.2, 0.25) is 5.02 Å². The van der Waals surface area contributed by atoms with E-state index in [1.54, 1.807) is 28.0 Å². The summed E-state index contributed by atoms with van der Waals surface area (Å²) in [6.07, 6.45) is 1.52. The molecule has 178 valence electrons. The number of carbonyl (C=O) groups excluding carboxylic acids is 4. The van der Waals surface area contributed by atoms with E-state index in [9.17, 15) is 19.2 Å². The van der Waals surface area contributed by atoms with Crippen LogP contribution in [-0.4, -0.2) is 72.1 Å². The van der Waals surface area contributed by atoms with Crippen LogP contribution in [0.25, 0.3) is 0 Å². The maximum absolute atomic E-state index is 13.2. The number of anilines is 1. The SMILES string of the molecule is CC(C)(C)OC(=O)N1CC2(CCN(C(=O)c3ccc(Cl)c(N4CCC(=O)NC4=O)c3)CC2)C1. The second-order valence-corrected chi connectivity index (χ2v) is 10.5.